The number of hydrogen-bond donors (Lipinski definition) is 0. The van der Waals surface area contributed by atoms with Crippen molar-refractivity contribution in [3.05, 3.63) is 34.9 Å². The second kappa shape index (κ2) is 4.89. The van der Waals surface area contributed by atoms with Gasteiger partial charge in [-0.25, -0.2) is 0 Å². The molecule has 0 radical (unpaired) electrons. The third kappa shape index (κ3) is 2.32. The molecule has 0 saturated heterocycles. The molecule has 1 aromatic carbocycles. The van der Waals surface area contributed by atoms with Crippen molar-refractivity contribution < 1.29 is 0 Å². The number of hydrogen-bond acceptors (Lipinski definition) is 0. The highest BCUT2D eigenvalue weighted by Gasteiger charge is 2.40. The highest BCUT2D eigenvalue weighted by atomic mass is 35.5. The molecule has 0 aliphatic heterocycles. The zero-order valence-electron chi connectivity index (χ0n) is 11.5. The summed E-state index contributed by atoms with van der Waals surface area (Å²) in [7, 11) is 0. The zero-order valence-corrected chi connectivity index (χ0v) is 12.2. The van der Waals surface area contributed by atoms with Crippen LogP contribution in [0.1, 0.15) is 54.2 Å². The second-order valence-electron chi connectivity index (χ2n) is 6.48. The van der Waals surface area contributed by atoms with E-state index >= 15 is 0 Å². The predicted molar refractivity (Wildman–Crippen MR) is 78.1 cm³/mol. The summed E-state index contributed by atoms with van der Waals surface area (Å²) in [6.45, 7) is 4.35. The largest absolute Gasteiger partial charge is 0.118 e. The number of aryl methyl sites for hydroxylation is 2. The third-order valence-corrected chi connectivity index (χ3v) is 5.72. The molecular weight excluding hydrogens is 240 g/mol. The Balaban J connectivity index is 1.67. The standard InChI is InChI=1S/C17H23Cl/c1-11-3-5-15(7-12(11)2)17(18)10-16-9-13-4-6-14(16)8-13/h3,5,7,13-14,16-17H,4,6,8-10H2,1-2H3. The van der Waals surface area contributed by atoms with Crippen molar-refractivity contribution in [1.82, 2.24) is 0 Å². The second-order valence-corrected chi connectivity index (χ2v) is 7.01. The number of rotatable bonds is 3. The molecular formula is C17H23Cl. The minimum Gasteiger partial charge on any atom is -0.118 e. The van der Waals surface area contributed by atoms with Gasteiger partial charge in [0.15, 0.2) is 0 Å². The molecule has 0 aromatic heterocycles. The Hall–Kier alpha value is -0.490. The number of halogens is 1. The summed E-state index contributed by atoms with van der Waals surface area (Å²) in [6, 6.07) is 6.70. The van der Waals surface area contributed by atoms with Gasteiger partial charge in [0.25, 0.3) is 0 Å². The smallest absolute Gasteiger partial charge is 0.0588 e. The quantitative estimate of drug-likeness (QED) is 0.639. The van der Waals surface area contributed by atoms with E-state index in [-0.39, 0.29) is 5.38 Å². The van der Waals surface area contributed by atoms with Crippen LogP contribution >= 0.6 is 11.6 Å². The van der Waals surface area contributed by atoms with Crippen LogP contribution in [0.4, 0.5) is 0 Å². The van der Waals surface area contributed by atoms with Crippen LogP contribution in [0.3, 0.4) is 0 Å². The Morgan fingerprint density at radius 2 is 2.00 bits per heavy atom. The maximum Gasteiger partial charge on any atom is 0.0588 e. The molecule has 2 aliphatic rings. The Morgan fingerprint density at radius 1 is 1.17 bits per heavy atom. The fourth-order valence-electron chi connectivity index (χ4n) is 4.03. The van der Waals surface area contributed by atoms with Gasteiger partial charge in [-0.3, -0.25) is 0 Å². The first-order valence-electron chi connectivity index (χ1n) is 7.34. The van der Waals surface area contributed by atoms with Crippen LogP contribution in [-0.4, -0.2) is 0 Å². The first-order chi connectivity index (χ1) is 8.63. The average molecular weight is 263 g/mol. The van der Waals surface area contributed by atoms with Crippen molar-refractivity contribution in [2.45, 2.75) is 51.3 Å². The lowest BCUT2D eigenvalue weighted by molar-refractivity contribution is 0.312. The highest BCUT2D eigenvalue weighted by Crippen LogP contribution is 2.51. The van der Waals surface area contributed by atoms with E-state index in [1.165, 1.54) is 48.8 Å². The Morgan fingerprint density at radius 3 is 2.61 bits per heavy atom. The molecule has 2 aliphatic carbocycles. The molecule has 0 nitrogen and oxygen atoms in total. The summed E-state index contributed by atoms with van der Waals surface area (Å²) >= 11 is 6.65. The van der Waals surface area contributed by atoms with Gasteiger partial charge in [0.2, 0.25) is 0 Å². The minimum absolute atomic E-state index is 0.216. The van der Waals surface area contributed by atoms with Crippen molar-refractivity contribution in [2.24, 2.45) is 17.8 Å². The van der Waals surface area contributed by atoms with Gasteiger partial charge < -0.3 is 0 Å². The summed E-state index contributed by atoms with van der Waals surface area (Å²) in [5.41, 5.74) is 4.05. The van der Waals surface area contributed by atoms with E-state index in [9.17, 15) is 0 Å². The van der Waals surface area contributed by atoms with Crippen LogP contribution in [0.2, 0.25) is 0 Å². The number of fused-ring (bicyclic) bond motifs is 2. The molecule has 1 heteroatoms. The SMILES string of the molecule is Cc1ccc(C(Cl)CC2CC3CCC2C3)cc1C. The van der Waals surface area contributed by atoms with Gasteiger partial charge in [0.1, 0.15) is 0 Å². The minimum atomic E-state index is 0.216. The lowest BCUT2D eigenvalue weighted by Gasteiger charge is -2.24. The topological polar surface area (TPSA) is 0 Å². The van der Waals surface area contributed by atoms with E-state index in [2.05, 4.69) is 32.0 Å². The third-order valence-electron chi connectivity index (χ3n) is 5.29. The first-order valence-corrected chi connectivity index (χ1v) is 7.78. The lowest BCUT2D eigenvalue weighted by atomic mass is 9.84. The van der Waals surface area contributed by atoms with E-state index in [4.69, 9.17) is 11.6 Å². The molecule has 2 fully saturated rings. The van der Waals surface area contributed by atoms with E-state index < -0.39 is 0 Å². The molecule has 4 unspecified atom stereocenters. The van der Waals surface area contributed by atoms with Crippen LogP contribution in [0.25, 0.3) is 0 Å². The molecule has 1 aromatic rings. The molecule has 98 valence electrons. The molecule has 3 rings (SSSR count). The monoisotopic (exact) mass is 262 g/mol. The van der Waals surface area contributed by atoms with Gasteiger partial charge in [-0.05, 0) is 74.0 Å². The zero-order chi connectivity index (χ0) is 12.7. The molecule has 2 bridgehead atoms. The molecule has 18 heavy (non-hydrogen) atoms. The van der Waals surface area contributed by atoms with Gasteiger partial charge in [-0.1, -0.05) is 24.6 Å². The molecule has 2 saturated carbocycles. The van der Waals surface area contributed by atoms with E-state index in [1.807, 2.05) is 0 Å². The van der Waals surface area contributed by atoms with Crippen molar-refractivity contribution in [3.8, 4) is 0 Å². The molecule has 0 N–H and O–H groups in total. The van der Waals surface area contributed by atoms with Crippen LogP contribution < -0.4 is 0 Å². The van der Waals surface area contributed by atoms with Crippen molar-refractivity contribution in [2.75, 3.05) is 0 Å². The number of alkyl halides is 1. The summed E-state index contributed by atoms with van der Waals surface area (Å²) in [6.07, 6.45) is 7.06. The summed E-state index contributed by atoms with van der Waals surface area (Å²) in [5.74, 6) is 2.92. The Kier molecular flexibility index (Phi) is 3.40. The maximum atomic E-state index is 6.65. The van der Waals surface area contributed by atoms with E-state index in [0.29, 0.717) is 0 Å². The van der Waals surface area contributed by atoms with E-state index in [0.717, 1.165) is 17.8 Å². The fraction of sp³-hybridized carbons (Fsp3) is 0.647. The lowest BCUT2D eigenvalue weighted by Crippen LogP contribution is -2.12. The van der Waals surface area contributed by atoms with Gasteiger partial charge in [-0.2, -0.15) is 0 Å². The predicted octanol–water partition coefficient (Wildman–Crippen LogP) is 5.41. The molecule has 0 spiro atoms. The maximum absolute atomic E-state index is 6.65. The summed E-state index contributed by atoms with van der Waals surface area (Å²) in [4.78, 5) is 0. The van der Waals surface area contributed by atoms with Crippen LogP contribution in [0.15, 0.2) is 18.2 Å². The van der Waals surface area contributed by atoms with Crippen LogP contribution in [0.5, 0.6) is 0 Å². The number of benzene rings is 1. The summed E-state index contributed by atoms with van der Waals surface area (Å²) < 4.78 is 0. The fourth-order valence-corrected chi connectivity index (χ4v) is 4.39. The highest BCUT2D eigenvalue weighted by molar-refractivity contribution is 6.20. The average Bonchev–Trinajstić information content (AvgIpc) is 2.94. The van der Waals surface area contributed by atoms with Gasteiger partial charge in [0, 0.05) is 0 Å². The summed E-state index contributed by atoms with van der Waals surface area (Å²) in [5, 5.41) is 0.216. The van der Waals surface area contributed by atoms with Gasteiger partial charge in [-0.15, -0.1) is 11.6 Å². The normalized spacial score (nSPS) is 31.8. The van der Waals surface area contributed by atoms with Crippen molar-refractivity contribution in [3.63, 3.8) is 0 Å². The van der Waals surface area contributed by atoms with Crippen LogP contribution in [0, 0.1) is 31.6 Å². The van der Waals surface area contributed by atoms with E-state index in [1.54, 1.807) is 0 Å². The Bertz CT molecular complexity index is 437. The van der Waals surface area contributed by atoms with Gasteiger partial charge in [0.05, 0.1) is 5.38 Å². The first kappa shape index (κ1) is 12.5. The molecule has 0 amide bonds. The van der Waals surface area contributed by atoms with Crippen molar-refractivity contribution >= 4 is 11.6 Å². The molecule has 4 atom stereocenters. The van der Waals surface area contributed by atoms with Crippen LogP contribution in [-0.2, 0) is 0 Å². The Labute approximate surface area is 116 Å². The van der Waals surface area contributed by atoms with Crippen molar-refractivity contribution in [1.29, 1.82) is 0 Å². The molecule has 0 heterocycles. The van der Waals surface area contributed by atoms with Gasteiger partial charge >= 0.3 is 0 Å².